The molecule has 4 heteroatoms. The summed E-state index contributed by atoms with van der Waals surface area (Å²) < 4.78 is 0. The first-order chi connectivity index (χ1) is 15.2. The molecule has 3 aromatic rings. The zero-order valence-electron chi connectivity index (χ0n) is 19.5. The fraction of sp³-hybridized carbons (Fsp3) is 0.286. The Kier molecular flexibility index (Phi) is 7.47. The monoisotopic (exact) mass is 444 g/mol. The van der Waals surface area contributed by atoms with Crippen molar-refractivity contribution >= 4 is 28.8 Å². The zero-order valence-corrected chi connectivity index (χ0v) is 20.3. The number of nitrogens with one attached hydrogen (secondary N) is 2. The fourth-order valence-electron chi connectivity index (χ4n) is 3.57. The molecule has 0 spiro atoms. The first kappa shape index (κ1) is 23.7. The number of thiocarbonyl (C=S) groups is 1. The maximum atomic E-state index is 13.0. The first-order valence-corrected chi connectivity index (χ1v) is 11.5. The van der Waals surface area contributed by atoms with Gasteiger partial charge in [-0.05, 0) is 54.2 Å². The van der Waals surface area contributed by atoms with E-state index in [1.807, 2.05) is 48.5 Å². The van der Waals surface area contributed by atoms with E-state index in [4.69, 9.17) is 12.2 Å². The van der Waals surface area contributed by atoms with Crippen LogP contribution in [0.5, 0.6) is 0 Å². The van der Waals surface area contributed by atoms with Gasteiger partial charge in [0, 0.05) is 16.8 Å². The standard InChI is InChI=1S/C28H32N2OS/c1-6-25(20-12-10-19(2)11-13-20)30-27(32)29-24-9-7-8-22(18-24)26(31)21-14-16-23(17-15-21)28(3,4)5/h7-18,25H,6H2,1-5H3,(H2,29,30,32)/t25-/m1/s1. The molecule has 3 nitrogen and oxygen atoms in total. The third-order valence-corrected chi connectivity index (χ3v) is 5.81. The van der Waals surface area contributed by atoms with Crippen molar-refractivity contribution < 1.29 is 4.79 Å². The summed E-state index contributed by atoms with van der Waals surface area (Å²) in [5.41, 5.74) is 5.80. The number of carbonyl (C=O) groups is 1. The molecule has 0 unspecified atom stereocenters. The van der Waals surface area contributed by atoms with E-state index in [1.54, 1.807) is 0 Å². The second kappa shape index (κ2) is 10.1. The normalized spacial score (nSPS) is 12.2. The number of ketones is 1. The molecule has 0 bridgehead atoms. The SMILES string of the molecule is CC[C@@H](NC(=S)Nc1cccc(C(=O)c2ccc(C(C)(C)C)cc2)c1)c1ccc(C)cc1. The van der Waals surface area contributed by atoms with E-state index in [0.717, 1.165) is 12.1 Å². The van der Waals surface area contributed by atoms with Gasteiger partial charge in [-0.15, -0.1) is 0 Å². The van der Waals surface area contributed by atoms with Crippen LogP contribution in [0.3, 0.4) is 0 Å². The molecule has 3 aromatic carbocycles. The number of anilines is 1. The Hall–Kier alpha value is -2.98. The Labute approximate surface area is 197 Å². The minimum Gasteiger partial charge on any atom is -0.356 e. The van der Waals surface area contributed by atoms with Gasteiger partial charge in [-0.3, -0.25) is 4.79 Å². The van der Waals surface area contributed by atoms with Crippen LogP contribution in [-0.2, 0) is 5.41 Å². The van der Waals surface area contributed by atoms with Crippen LogP contribution in [0.2, 0.25) is 0 Å². The second-order valence-electron chi connectivity index (χ2n) is 9.21. The van der Waals surface area contributed by atoms with Crippen LogP contribution >= 0.6 is 12.2 Å². The van der Waals surface area contributed by atoms with Crippen molar-refractivity contribution in [2.24, 2.45) is 0 Å². The van der Waals surface area contributed by atoms with Gasteiger partial charge in [0.1, 0.15) is 0 Å². The molecule has 0 fully saturated rings. The van der Waals surface area contributed by atoms with E-state index >= 15 is 0 Å². The summed E-state index contributed by atoms with van der Waals surface area (Å²) in [5, 5.41) is 7.16. The van der Waals surface area contributed by atoms with E-state index in [1.165, 1.54) is 16.7 Å². The Morgan fingerprint density at radius 1 is 0.938 bits per heavy atom. The van der Waals surface area contributed by atoms with E-state index in [0.29, 0.717) is 16.2 Å². The molecule has 0 radical (unpaired) electrons. The van der Waals surface area contributed by atoms with Gasteiger partial charge in [-0.1, -0.05) is 93.9 Å². The topological polar surface area (TPSA) is 41.1 Å². The Bertz CT molecular complexity index is 1080. The van der Waals surface area contributed by atoms with Gasteiger partial charge in [-0.2, -0.15) is 0 Å². The van der Waals surface area contributed by atoms with Gasteiger partial charge in [0.15, 0.2) is 10.9 Å². The molecule has 32 heavy (non-hydrogen) atoms. The lowest BCUT2D eigenvalue weighted by Crippen LogP contribution is -2.32. The molecule has 2 N–H and O–H groups in total. The van der Waals surface area contributed by atoms with Gasteiger partial charge in [-0.25, -0.2) is 0 Å². The Morgan fingerprint density at radius 2 is 1.59 bits per heavy atom. The highest BCUT2D eigenvalue weighted by molar-refractivity contribution is 7.80. The molecule has 0 amide bonds. The number of rotatable bonds is 6. The zero-order chi connectivity index (χ0) is 23.3. The van der Waals surface area contributed by atoms with Crippen molar-refractivity contribution in [3.63, 3.8) is 0 Å². The van der Waals surface area contributed by atoms with Crippen molar-refractivity contribution in [1.29, 1.82) is 0 Å². The molecular formula is C28H32N2OS. The van der Waals surface area contributed by atoms with E-state index in [-0.39, 0.29) is 17.2 Å². The summed E-state index contributed by atoms with van der Waals surface area (Å²) in [6.07, 6.45) is 0.911. The average Bonchev–Trinajstić information content (AvgIpc) is 2.77. The molecule has 0 aliphatic carbocycles. The first-order valence-electron chi connectivity index (χ1n) is 11.1. The molecule has 0 aliphatic rings. The molecule has 0 heterocycles. The Morgan fingerprint density at radius 3 is 2.19 bits per heavy atom. The van der Waals surface area contributed by atoms with Gasteiger partial charge >= 0.3 is 0 Å². The quantitative estimate of drug-likeness (QED) is 0.318. The molecular weight excluding hydrogens is 412 g/mol. The number of carbonyl (C=O) groups excluding carboxylic acids is 1. The highest BCUT2D eigenvalue weighted by atomic mass is 32.1. The van der Waals surface area contributed by atoms with Crippen LogP contribution in [-0.4, -0.2) is 10.9 Å². The number of benzene rings is 3. The highest BCUT2D eigenvalue weighted by Crippen LogP contribution is 2.23. The molecule has 0 aromatic heterocycles. The number of hydrogen-bond donors (Lipinski definition) is 2. The van der Waals surface area contributed by atoms with Gasteiger partial charge in [0.25, 0.3) is 0 Å². The summed E-state index contributed by atoms with van der Waals surface area (Å²) in [7, 11) is 0. The summed E-state index contributed by atoms with van der Waals surface area (Å²) >= 11 is 5.55. The third kappa shape index (κ3) is 6.04. The predicted molar refractivity (Wildman–Crippen MR) is 139 cm³/mol. The van der Waals surface area contributed by atoms with Crippen LogP contribution in [0.25, 0.3) is 0 Å². The lowest BCUT2D eigenvalue weighted by Gasteiger charge is -2.20. The minimum atomic E-state index is -0.000855. The van der Waals surface area contributed by atoms with Crippen molar-refractivity contribution in [3.05, 3.63) is 101 Å². The van der Waals surface area contributed by atoms with Gasteiger partial charge < -0.3 is 10.6 Å². The average molecular weight is 445 g/mol. The molecule has 166 valence electrons. The predicted octanol–water partition coefficient (Wildman–Crippen LogP) is 6.96. The largest absolute Gasteiger partial charge is 0.356 e. The maximum absolute atomic E-state index is 13.0. The molecule has 3 rings (SSSR count). The van der Waals surface area contributed by atoms with Gasteiger partial charge in [0.05, 0.1) is 6.04 Å². The smallest absolute Gasteiger partial charge is 0.193 e. The fourth-order valence-corrected chi connectivity index (χ4v) is 3.83. The van der Waals surface area contributed by atoms with Crippen LogP contribution in [0.1, 0.15) is 72.8 Å². The number of aryl methyl sites for hydroxylation is 1. The Balaban J connectivity index is 1.69. The maximum Gasteiger partial charge on any atom is 0.193 e. The molecule has 0 saturated heterocycles. The van der Waals surface area contributed by atoms with Crippen molar-refractivity contribution in [2.75, 3.05) is 5.32 Å². The minimum absolute atomic E-state index is 0.000855. The molecule has 0 saturated carbocycles. The lowest BCUT2D eigenvalue weighted by molar-refractivity contribution is 0.103. The summed E-state index contributed by atoms with van der Waals surface area (Å²) in [5.74, 6) is -0.000855. The molecule has 1 atom stereocenters. The molecule has 0 aliphatic heterocycles. The summed E-state index contributed by atoms with van der Waals surface area (Å²) in [4.78, 5) is 13.0. The second-order valence-corrected chi connectivity index (χ2v) is 9.62. The summed E-state index contributed by atoms with van der Waals surface area (Å²) in [6.45, 7) is 10.7. The van der Waals surface area contributed by atoms with Crippen LogP contribution < -0.4 is 10.6 Å². The van der Waals surface area contributed by atoms with Crippen LogP contribution in [0.4, 0.5) is 5.69 Å². The van der Waals surface area contributed by atoms with Crippen molar-refractivity contribution in [1.82, 2.24) is 5.32 Å². The van der Waals surface area contributed by atoms with E-state index in [2.05, 4.69) is 69.5 Å². The third-order valence-electron chi connectivity index (χ3n) is 5.59. The van der Waals surface area contributed by atoms with Gasteiger partial charge in [0.2, 0.25) is 0 Å². The lowest BCUT2D eigenvalue weighted by atomic mass is 9.86. The van der Waals surface area contributed by atoms with Crippen LogP contribution in [0.15, 0.2) is 72.8 Å². The van der Waals surface area contributed by atoms with Crippen LogP contribution in [0, 0.1) is 6.92 Å². The van der Waals surface area contributed by atoms with Crippen molar-refractivity contribution in [2.45, 2.75) is 52.5 Å². The van der Waals surface area contributed by atoms with Crippen molar-refractivity contribution in [3.8, 4) is 0 Å². The summed E-state index contributed by atoms with van der Waals surface area (Å²) in [6, 6.07) is 24.0. The van der Waals surface area contributed by atoms with E-state index < -0.39 is 0 Å². The highest BCUT2D eigenvalue weighted by Gasteiger charge is 2.16. The van der Waals surface area contributed by atoms with E-state index in [9.17, 15) is 4.79 Å². The number of hydrogen-bond acceptors (Lipinski definition) is 2.